The number of likely N-dealkylation sites (N-methyl/N-ethyl adjacent to an activating group) is 1. The highest BCUT2D eigenvalue weighted by atomic mass is 31.2. The van der Waals surface area contributed by atoms with E-state index in [0.29, 0.717) is 11.0 Å². The summed E-state index contributed by atoms with van der Waals surface area (Å²) in [5.74, 6) is -0.403. The van der Waals surface area contributed by atoms with Crippen LogP contribution in [0.25, 0.3) is 0 Å². The number of quaternary nitrogens is 1. The maximum Gasteiger partial charge on any atom is 0.305 e. The Morgan fingerprint density at radius 2 is 1.10 bits per heavy atom. The van der Waals surface area contributed by atoms with Crippen LogP contribution in [0.3, 0.4) is 0 Å². The van der Waals surface area contributed by atoms with Crippen LogP contribution >= 0.6 is 7.82 Å². The Morgan fingerprint density at radius 1 is 0.690 bits per heavy atom. The second-order valence-electron chi connectivity index (χ2n) is 12.8. The molecule has 0 aliphatic carbocycles. The fourth-order valence-electron chi connectivity index (χ4n) is 4.71. The lowest BCUT2D eigenvalue weighted by Crippen LogP contribution is -2.37. The second-order valence-corrected chi connectivity index (χ2v) is 14.2. The van der Waals surface area contributed by atoms with Crippen molar-refractivity contribution in [3.8, 4) is 0 Å². The van der Waals surface area contributed by atoms with Gasteiger partial charge in [-0.25, -0.2) is 4.89 Å². The molecule has 0 radical (unpaired) electrons. The van der Waals surface area contributed by atoms with E-state index in [4.69, 9.17) is 19.0 Å². The normalized spacial score (nSPS) is 14.1. The molecule has 0 bridgehead atoms. The summed E-state index contributed by atoms with van der Waals surface area (Å²) in [6.07, 6.45) is 26.7. The molecule has 0 amide bonds. The third kappa shape index (κ3) is 30.9. The van der Waals surface area contributed by atoms with Crippen LogP contribution in [-0.4, -0.2) is 69.3 Å². The van der Waals surface area contributed by atoms with Crippen molar-refractivity contribution in [3.05, 3.63) is 0 Å². The third-order valence-electron chi connectivity index (χ3n) is 7.49. The molecular formula is C32H66NO8P. The first kappa shape index (κ1) is 41.5. The average Bonchev–Trinajstić information content (AvgIpc) is 2.93. The zero-order valence-corrected chi connectivity index (χ0v) is 28.6. The van der Waals surface area contributed by atoms with Gasteiger partial charge in [-0.15, -0.1) is 0 Å². The van der Waals surface area contributed by atoms with E-state index in [9.17, 15) is 14.3 Å². The largest absolute Gasteiger partial charge is 0.756 e. The number of ether oxygens (including phenoxy) is 1. The number of rotatable bonds is 32. The monoisotopic (exact) mass is 623 g/mol. The lowest BCUT2D eigenvalue weighted by atomic mass is 10.0. The molecule has 0 aromatic carbocycles. The topological polar surface area (TPSA) is 114 Å². The molecule has 0 aliphatic heterocycles. The number of carbonyl (C=O) groups is 1. The zero-order valence-electron chi connectivity index (χ0n) is 27.7. The second kappa shape index (κ2) is 28.0. The van der Waals surface area contributed by atoms with Crippen LogP contribution in [0.15, 0.2) is 0 Å². The van der Waals surface area contributed by atoms with Crippen molar-refractivity contribution in [1.82, 2.24) is 0 Å². The molecule has 0 saturated carbocycles. The van der Waals surface area contributed by atoms with Gasteiger partial charge in [0.15, 0.2) is 6.10 Å². The molecule has 0 aromatic heterocycles. The standard InChI is InChI=1S/C32H66NO8P/c1-5-6-7-8-9-10-11-12-13-14-15-16-17-18-19-20-21-22-23-24-25-26-32(34)38-29-31(41-35)30-40-42(36,37)39-28-27-33(2,3)4/h31H,5-30H2,1-4H3,(H-,35,36,37)/t31-/m1/s1. The van der Waals surface area contributed by atoms with Crippen molar-refractivity contribution in [3.63, 3.8) is 0 Å². The maximum absolute atomic E-state index is 12.0. The number of carbonyl (C=O) groups excluding carboxylic acids is 1. The van der Waals surface area contributed by atoms with Crippen LogP contribution in [0.1, 0.15) is 148 Å². The average molecular weight is 624 g/mol. The van der Waals surface area contributed by atoms with Crippen LogP contribution in [0.5, 0.6) is 0 Å². The van der Waals surface area contributed by atoms with Gasteiger partial charge in [-0.3, -0.25) is 14.6 Å². The highest BCUT2D eigenvalue weighted by Gasteiger charge is 2.19. The maximum atomic E-state index is 12.0. The van der Waals surface area contributed by atoms with Crippen molar-refractivity contribution in [1.29, 1.82) is 0 Å². The SMILES string of the molecule is CCCCCCCCCCCCCCCCCCCCCCCC(=O)OC[C@H](COP(=O)([O-])OCC[N+](C)(C)C)OO. The summed E-state index contributed by atoms with van der Waals surface area (Å²) in [5, 5.41) is 8.97. The number of unbranched alkanes of at least 4 members (excludes halogenated alkanes) is 20. The first-order chi connectivity index (χ1) is 20.1. The van der Waals surface area contributed by atoms with Gasteiger partial charge >= 0.3 is 5.97 Å². The van der Waals surface area contributed by atoms with Crippen molar-refractivity contribution in [2.45, 2.75) is 154 Å². The van der Waals surface area contributed by atoms with E-state index in [1.165, 1.54) is 116 Å². The highest BCUT2D eigenvalue weighted by molar-refractivity contribution is 7.45. The number of phosphoric acid groups is 1. The first-order valence-electron chi connectivity index (χ1n) is 17.0. The Labute approximate surface area is 258 Å². The summed E-state index contributed by atoms with van der Waals surface area (Å²) in [6, 6.07) is 0. The molecule has 0 fully saturated rings. The fraction of sp³-hybridized carbons (Fsp3) is 0.969. The number of hydrogen-bond acceptors (Lipinski definition) is 8. The van der Waals surface area contributed by atoms with E-state index in [1.807, 2.05) is 21.1 Å². The van der Waals surface area contributed by atoms with Crippen LogP contribution in [-0.2, 0) is 28.0 Å². The van der Waals surface area contributed by atoms with E-state index < -0.39 is 26.5 Å². The lowest BCUT2D eigenvalue weighted by Gasteiger charge is -2.27. The summed E-state index contributed by atoms with van der Waals surface area (Å²) in [4.78, 5) is 28.0. The highest BCUT2D eigenvalue weighted by Crippen LogP contribution is 2.38. The zero-order chi connectivity index (χ0) is 31.4. The van der Waals surface area contributed by atoms with Gasteiger partial charge < -0.3 is 23.2 Å². The smallest absolute Gasteiger partial charge is 0.305 e. The Balaban J connectivity index is 3.51. The predicted octanol–water partition coefficient (Wildman–Crippen LogP) is 8.20. The number of nitrogens with zero attached hydrogens (tertiary/aromatic N) is 1. The summed E-state index contributed by atoms with van der Waals surface area (Å²) >= 11 is 0. The number of hydrogen-bond donors (Lipinski definition) is 1. The Morgan fingerprint density at radius 3 is 1.48 bits per heavy atom. The molecule has 42 heavy (non-hydrogen) atoms. The van der Waals surface area contributed by atoms with Gasteiger partial charge in [0.2, 0.25) is 0 Å². The molecule has 0 aliphatic rings. The quantitative estimate of drug-likeness (QED) is 0.0199. The van der Waals surface area contributed by atoms with Crippen LogP contribution in [0.2, 0.25) is 0 Å². The molecule has 0 saturated heterocycles. The van der Waals surface area contributed by atoms with Gasteiger partial charge in [-0.1, -0.05) is 135 Å². The minimum Gasteiger partial charge on any atom is -0.756 e. The lowest BCUT2D eigenvalue weighted by molar-refractivity contribution is -0.870. The van der Waals surface area contributed by atoms with Crippen molar-refractivity contribution >= 4 is 13.8 Å². The molecule has 9 nitrogen and oxygen atoms in total. The van der Waals surface area contributed by atoms with E-state index in [2.05, 4.69) is 11.8 Å². The molecule has 0 spiro atoms. The molecule has 2 atom stereocenters. The van der Waals surface area contributed by atoms with Crippen molar-refractivity contribution in [2.75, 3.05) is 47.5 Å². The van der Waals surface area contributed by atoms with Gasteiger partial charge in [0.1, 0.15) is 19.8 Å². The minimum absolute atomic E-state index is 0.0244. The molecule has 10 heteroatoms. The van der Waals surface area contributed by atoms with Gasteiger partial charge in [0, 0.05) is 6.42 Å². The van der Waals surface area contributed by atoms with Crippen LogP contribution in [0.4, 0.5) is 0 Å². The van der Waals surface area contributed by atoms with E-state index >= 15 is 0 Å². The van der Waals surface area contributed by atoms with Gasteiger partial charge in [-0.05, 0) is 6.42 Å². The van der Waals surface area contributed by atoms with E-state index in [1.54, 1.807) is 0 Å². The van der Waals surface area contributed by atoms with Crippen LogP contribution < -0.4 is 4.89 Å². The van der Waals surface area contributed by atoms with Gasteiger partial charge in [0.25, 0.3) is 7.82 Å². The molecule has 0 rings (SSSR count). The number of phosphoric ester groups is 1. The van der Waals surface area contributed by atoms with E-state index in [-0.39, 0.29) is 19.6 Å². The fourth-order valence-corrected chi connectivity index (χ4v) is 5.44. The number of esters is 1. The van der Waals surface area contributed by atoms with Gasteiger partial charge in [0.05, 0.1) is 27.7 Å². The molecule has 1 unspecified atom stereocenters. The van der Waals surface area contributed by atoms with Crippen molar-refractivity contribution in [2.24, 2.45) is 0 Å². The summed E-state index contributed by atoms with van der Waals surface area (Å²) < 4.78 is 27.0. The van der Waals surface area contributed by atoms with Crippen LogP contribution in [0, 0.1) is 0 Å². The minimum atomic E-state index is -4.54. The molecule has 0 aromatic rings. The predicted molar refractivity (Wildman–Crippen MR) is 168 cm³/mol. The Bertz CT molecular complexity index is 659. The molecule has 1 N–H and O–H groups in total. The molecule has 252 valence electrons. The summed E-state index contributed by atoms with van der Waals surface area (Å²) in [5.41, 5.74) is 0. The Hall–Kier alpha value is -0.540. The first-order valence-corrected chi connectivity index (χ1v) is 18.4. The summed E-state index contributed by atoms with van der Waals surface area (Å²) in [7, 11) is 1.19. The molecule has 0 heterocycles. The molecular weight excluding hydrogens is 557 g/mol. The van der Waals surface area contributed by atoms with E-state index in [0.717, 1.165) is 19.3 Å². The Kier molecular flexibility index (Phi) is 27.6. The summed E-state index contributed by atoms with van der Waals surface area (Å²) in [6.45, 7) is 1.93. The van der Waals surface area contributed by atoms with Crippen molar-refractivity contribution < 1.29 is 42.7 Å². The van der Waals surface area contributed by atoms with Gasteiger partial charge in [-0.2, -0.15) is 0 Å². The third-order valence-corrected chi connectivity index (χ3v) is 8.46.